The van der Waals surface area contributed by atoms with Crippen LogP contribution in [0.5, 0.6) is 0 Å². The number of carbonyl (C=O) groups excluding carboxylic acids is 1. The van der Waals surface area contributed by atoms with Crippen LogP contribution in [0.15, 0.2) is 54.9 Å². The van der Waals surface area contributed by atoms with E-state index in [2.05, 4.69) is 18.7 Å². The van der Waals surface area contributed by atoms with Crippen LogP contribution in [0.3, 0.4) is 0 Å². The molecule has 1 heterocycles. The monoisotopic (exact) mass is 311 g/mol. The lowest BCUT2D eigenvalue weighted by atomic mass is 10.2. The second-order valence-corrected chi connectivity index (χ2v) is 5.83. The van der Waals surface area contributed by atoms with E-state index in [-0.39, 0.29) is 5.91 Å². The predicted octanol–water partition coefficient (Wildman–Crippen LogP) is 4.07. The topological polar surface area (TPSA) is 24.2 Å². The quantitative estimate of drug-likeness (QED) is 0.686. The largest absolute Gasteiger partial charge is 0.424 e. The highest BCUT2D eigenvalue weighted by Crippen LogP contribution is 2.14. The highest BCUT2D eigenvalue weighted by molar-refractivity contribution is 5.86. The van der Waals surface area contributed by atoms with Crippen LogP contribution >= 0.6 is 0 Å². The van der Waals surface area contributed by atoms with Gasteiger partial charge < -0.3 is 4.90 Å². The Morgan fingerprint density at radius 3 is 2.00 bits per heavy atom. The molecule has 0 radical (unpaired) electrons. The molecule has 1 aromatic carbocycles. The average Bonchev–Trinajstić information content (AvgIpc) is 2.62. The minimum atomic E-state index is 0.00539. The van der Waals surface area contributed by atoms with Crippen LogP contribution < -0.4 is 9.47 Å². The minimum absolute atomic E-state index is 0.00539. The fourth-order valence-corrected chi connectivity index (χ4v) is 2.56. The molecule has 23 heavy (non-hydrogen) atoms. The van der Waals surface area contributed by atoms with Gasteiger partial charge in [0.05, 0.1) is 5.56 Å². The first kappa shape index (κ1) is 17.2. The first-order chi connectivity index (χ1) is 11.3. The molecule has 1 aromatic heterocycles. The Labute approximate surface area is 139 Å². The summed E-state index contributed by atoms with van der Waals surface area (Å²) in [6.45, 7) is 6.59. The van der Waals surface area contributed by atoms with Crippen LogP contribution in [0.2, 0.25) is 0 Å². The molecule has 2 aromatic rings. The summed E-state index contributed by atoms with van der Waals surface area (Å²) in [6.07, 6.45) is 8.53. The number of anilines is 1. The van der Waals surface area contributed by atoms with Crippen LogP contribution in [0.1, 0.15) is 49.9 Å². The van der Waals surface area contributed by atoms with Crippen LogP contribution in [-0.4, -0.2) is 19.0 Å². The van der Waals surface area contributed by atoms with Crippen molar-refractivity contribution in [1.82, 2.24) is 0 Å². The lowest BCUT2D eigenvalue weighted by molar-refractivity contribution is -0.570. The smallest absolute Gasteiger partial charge is 0.371 e. The van der Waals surface area contributed by atoms with Crippen molar-refractivity contribution in [2.75, 3.05) is 18.0 Å². The lowest BCUT2D eigenvalue weighted by Gasteiger charge is -2.23. The number of pyridine rings is 1. The van der Waals surface area contributed by atoms with E-state index in [1.807, 2.05) is 54.9 Å². The highest BCUT2D eigenvalue weighted by atomic mass is 16.2. The SMILES string of the molecule is CCCCN(CCCC)c1cc[n+](C(=O)c2ccccc2)cc1. The summed E-state index contributed by atoms with van der Waals surface area (Å²) in [5.74, 6) is 0.00539. The molecule has 0 spiro atoms. The molecule has 3 nitrogen and oxygen atoms in total. The Morgan fingerprint density at radius 1 is 0.913 bits per heavy atom. The van der Waals surface area contributed by atoms with Gasteiger partial charge in [-0.3, -0.25) is 0 Å². The maximum Gasteiger partial charge on any atom is 0.424 e. The summed E-state index contributed by atoms with van der Waals surface area (Å²) in [5, 5.41) is 0. The van der Waals surface area contributed by atoms with Gasteiger partial charge in [-0.1, -0.05) is 44.9 Å². The van der Waals surface area contributed by atoms with Gasteiger partial charge in [0.2, 0.25) is 0 Å². The number of unbranched alkanes of at least 4 members (excludes halogenated alkanes) is 2. The van der Waals surface area contributed by atoms with Gasteiger partial charge in [-0.25, -0.2) is 4.79 Å². The van der Waals surface area contributed by atoms with E-state index in [1.54, 1.807) is 4.57 Å². The Morgan fingerprint density at radius 2 is 1.48 bits per heavy atom. The number of carbonyl (C=O) groups is 1. The molecule has 0 bridgehead atoms. The Kier molecular flexibility index (Phi) is 6.79. The van der Waals surface area contributed by atoms with Crippen LogP contribution in [0.4, 0.5) is 5.69 Å². The number of hydrogen-bond donors (Lipinski definition) is 0. The number of benzene rings is 1. The molecule has 0 amide bonds. The number of hydrogen-bond acceptors (Lipinski definition) is 2. The van der Waals surface area contributed by atoms with Crippen molar-refractivity contribution in [2.45, 2.75) is 39.5 Å². The normalized spacial score (nSPS) is 10.5. The summed E-state index contributed by atoms with van der Waals surface area (Å²) >= 11 is 0. The van der Waals surface area contributed by atoms with Crippen LogP contribution in [0, 0.1) is 0 Å². The molecule has 2 rings (SSSR count). The second kappa shape index (κ2) is 9.09. The maximum atomic E-state index is 12.4. The molecule has 3 heteroatoms. The van der Waals surface area contributed by atoms with Crippen molar-refractivity contribution < 1.29 is 9.36 Å². The van der Waals surface area contributed by atoms with E-state index in [9.17, 15) is 4.79 Å². The molecular weight excluding hydrogens is 284 g/mol. The fraction of sp³-hybridized carbons (Fsp3) is 0.400. The third-order valence-corrected chi connectivity index (χ3v) is 4.00. The molecular formula is C20H27N2O+. The number of nitrogens with zero attached hydrogens (tertiary/aromatic N) is 2. The Bertz CT molecular complexity index is 585. The fourth-order valence-electron chi connectivity index (χ4n) is 2.56. The van der Waals surface area contributed by atoms with Crippen molar-refractivity contribution in [3.8, 4) is 0 Å². The molecule has 0 saturated heterocycles. The van der Waals surface area contributed by atoms with Crippen molar-refractivity contribution in [2.24, 2.45) is 0 Å². The molecule has 0 saturated carbocycles. The van der Waals surface area contributed by atoms with Crippen LogP contribution in [-0.2, 0) is 0 Å². The molecule has 0 aliphatic rings. The van der Waals surface area contributed by atoms with Gasteiger partial charge in [0.25, 0.3) is 0 Å². The summed E-state index contributed by atoms with van der Waals surface area (Å²) in [6, 6.07) is 13.5. The van der Waals surface area contributed by atoms with Gasteiger partial charge in [-0.2, -0.15) is 0 Å². The van der Waals surface area contributed by atoms with Crippen molar-refractivity contribution in [1.29, 1.82) is 0 Å². The standard InChI is InChI=1S/C20H27N2O/c1-3-5-14-21(15-6-4-2)19-12-16-22(17-13-19)20(23)18-10-8-7-9-11-18/h7-13,16-17H,3-6,14-15H2,1-2H3/q+1. The molecule has 0 aliphatic carbocycles. The Balaban J connectivity index is 2.11. The molecule has 0 aliphatic heterocycles. The predicted molar refractivity (Wildman–Crippen MR) is 94.8 cm³/mol. The first-order valence-corrected chi connectivity index (χ1v) is 8.62. The lowest BCUT2D eigenvalue weighted by Crippen LogP contribution is -2.42. The van der Waals surface area contributed by atoms with Crippen molar-refractivity contribution in [3.63, 3.8) is 0 Å². The number of rotatable bonds is 8. The third-order valence-electron chi connectivity index (χ3n) is 4.00. The zero-order valence-electron chi connectivity index (χ0n) is 14.2. The summed E-state index contributed by atoms with van der Waals surface area (Å²) in [7, 11) is 0. The van der Waals surface area contributed by atoms with Crippen molar-refractivity contribution >= 4 is 11.6 Å². The molecule has 122 valence electrons. The van der Waals surface area contributed by atoms with E-state index in [0.29, 0.717) is 5.56 Å². The number of aromatic nitrogens is 1. The van der Waals surface area contributed by atoms with E-state index < -0.39 is 0 Å². The third kappa shape index (κ3) is 4.92. The van der Waals surface area contributed by atoms with Gasteiger partial charge in [0.15, 0.2) is 12.4 Å². The van der Waals surface area contributed by atoms with Gasteiger partial charge in [-0.15, -0.1) is 4.57 Å². The molecule has 0 fully saturated rings. The van der Waals surface area contributed by atoms with Gasteiger partial charge >= 0.3 is 5.91 Å². The van der Waals surface area contributed by atoms with Gasteiger partial charge in [0, 0.05) is 30.9 Å². The van der Waals surface area contributed by atoms with E-state index in [4.69, 9.17) is 0 Å². The average molecular weight is 311 g/mol. The maximum absolute atomic E-state index is 12.4. The first-order valence-electron chi connectivity index (χ1n) is 8.62. The molecule has 0 unspecified atom stereocenters. The molecule has 0 atom stereocenters. The van der Waals surface area contributed by atoms with Gasteiger partial charge in [0.1, 0.15) is 0 Å². The minimum Gasteiger partial charge on any atom is -0.371 e. The van der Waals surface area contributed by atoms with E-state index in [1.165, 1.54) is 31.4 Å². The molecule has 0 N–H and O–H groups in total. The Hall–Kier alpha value is -2.16. The summed E-state index contributed by atoms with van der Waals surface area (Å²) < 4.78 is 1.65. The van der Waals surface area contributed by atoms with Gasteiger partial charge in [-0.05, 0) is 25.0 Å². The van der Waals surface area contributed by atoms with Crippen molar-refractivity contribution in [3.05, 3.63) is 60.4 Å². The van der Waals surface area contributed by atoms with E-state index in [0.717, 1.165) is 13.1 Å². The summed E-state index contributed by atoms with van der Waals surface area (Å²) in [4.78, 5) is 14.8. The highest BCUT2D eigenvalue weighted by Gasteiger charge is 2.17. The zero-order valence-corrected chi connectivity index (χ0v) is 14.2. The van der Waals surface area contributed by atoms with E-state index >= 15 is 0 Å². The zero-order chi connectivity index (χ0) is 16.5. The van der Waals surface area contributed by atoms with Crippen LogP contribution in [0.25, 0.3) is 0 Å². The summed E-state index contributed by atoms with van der Waals surface area (Å²) in [5.41, 5.74) is 1.91. The second-order valence-electron chi connectivity index (χ2n) is 5.83.